The molecule has 28 heavy (non-hydrogen) atoms. The van der Waals surface area contributed by atoms with E-state index in [1.165, 1.54) is 0 Å². The van der Waals surface area contributed by atoms with Gasteiger partial charge in [0.25, 0.3) is 5.91 Å². The molecule has 0 fully saturated rings. The van der Waals surface area contributed by atoms with Gasteiger partial charge in [0.1, 0.15) is 0 Å². The Bertz CT molecular complexity index is 1050. The van der Waals surface area contributed by atoms with E-state index in [1.54, 1.807) is 12.1 Å². The van der Waals surface area contributed by atoms with E-state index in [-0.39, 0.29) is 19.1 Å². The highest BCUT2D eigenvalue weighted by atomic mass is 16.7. The van der Waals surface area contributed by atoms with Crippen molar-refractivity contribution >= 4 is 17.3 Å². The van der Waals surface area contributed by atoms with Crippen molar-refractivity contribution in [2.24, 2.45) is 0 Å². The van der Waals surface area contributed by atoms with E-state index in [0.717, 1.165) is 16.2 Å². The molecule has 0 radical (unpaired) electrons. The Hall–Kier alpha value is -3.51. The average molecular weight is 374 g/mol. The van der Waals surface area contributed by atoms with E-state index in [4.69, 9.17) is 9.47 Å². The molecule has 2 heterocycles. The van der Waals surface area contributed by atoms with Gasteiger partial charge in [-0.25, -0.2) is 5.06 Å². The number of carbonyl (C=O) groups is 1. The number of benzene rings is 3. The number of hydrogen-bond acceptors (Lipinski definition) is 5. The number of nitrogens with zero attached hydrogens (tertiary/aromatic N) is 1. The first-order valence-electron chi connectivity index (χ1n) is 9.02. The van der Waals surface area contributed by atoms with E-state index >= 15 is 0 Å². The summed E-state index contributed by atoms with van der Waals surface area (Å²) in [6, 6.07) is 22.1. The number of anilines is 2. The zero-order valence-corrected chi connectivity index (χ0v) is 15.0. The van der Waals surface area contributed by atoms with Crippen molar-refractivity contribution in [1.82, 2.24) is 0 Å². The highest BCUT2D eigenvalue weighted by Crippen LogP contribution is 2.45. The van der Waals surface area contributed by atoms with Gasteiger partial charge in [0.15, 0.2) is 17.0 Å². The van der Waals surface area contributed by atoms with Crippen molar-refractivity contribution in [3.8, 4) is 11.5 Å². The highest BCUT2D eigenvalue weighted by Gasteiger charge is 2.52. The maximum Gasteiger partial charge on any atom is 0.257 e. The predicted octanol–water partition coefficient (Wildman–Crippen LogP) is 3.70. The number of hydroxylamine groups is 1. The predicted molar refractivity (Wildman–Crippen MR) is 104 cm³/mol. The smallest absolute Gasteiger partial charge is 0.257 e. The van der Waals surface area contributed by atoms with Gasteiger partial charge in [0.2, 0.25) is 6.79 Å². The lowest BCUT2D eigenvalue weighted by Gasteiger charge is -2.36. The summed E-state index contributed by atoms with van der Waals surface area (Å²) in [5.74, 6) is 1.04. The van der Waals surface area contributed by atoms with Gasteiger partial charge in [-0.1, -0.05) is 42.5 Å². The van der Waals surface area contributed by atoms with Crippen molar-refractivity contribution in [2.75, 3.05) is 17.2 Å². The minimum atomic E-state index is -1.30. The normalized spacial score (nSPS) is 19.2. The summed E-state index contributed by atoms with van der Waals surface area (Å²) in [5, 5.41) is 15.2. The van der Waals surface area contributed by atoms with Gasteiger partial charge < -0.3 is 14.8 Å². The summed E-state index contributed by atoms with van der Waals surface area (Å²) in [5.41, 5.74) is 1.51. The minimum Gasteiger partial charge on any atom is -0.454 e. The number of para-hydroxylation sites is 2. The molecule has 0 saturated carbocycles. The van der Waals surface area contributed by atoms with Gasteiger partial charge >= 0.3 is 0 Å². The standard InChI is InChI=1S/C22H18N2O4/c25-21-22(17-8-4-5-9-18(17)23-21,24(26)16-6-2-1-3-7-16)13-15-10-11-19-20(12-15)28-14-27-19/h1-12,26H,13-14H2,(H,23,25)/t22-/m0/s1. The SMILES string of the molecule is O=C1Nc2ccccc2[C@]1(Cc1ccc2c(c1)OCO2)N(O)c1ccccc1. The number of fused-ring (bicyclic) bond motifs is 2. The lowest BCUT2D eigenvalue weighted by atomic mass is 9.84. The fraction of sp³-hybridized carbons (Fsp3) is 0.136. The second-order valence-corrected chi connectivity index (χ2v) is 6.87. The van der Waals surface area contributed by atoms with Crippen LogP contribution in [0.15, 0.2) is 72.8 Å². The third-order valence-corrected chi connectivity index (χ3v) is 5.26. The van der Waals surface area contributed by atoms with Gasteiger partial charge in [-0.15, -0.1) is 0 Å². The molecular formula is C22H18N2O4. The summed E-state index contributed by atoms with van der Waals surface area (Å²) in [7, 11) is 0. The van der Waals surface area contributed by atoms with Gasteiger partial charge in [0.05, 0.1) is 5.69 Å². The fourth-order valence-electron chi connectivity index (χ4n) is 3.90. The van der Waals surface area contributed by atoms with Crippen LogP contribution >= 0.6 is 0 Å². The Morgan fingerprint density at radius 1 is 0.964 bits per heavy atom. The van der Waals surface area contributed by atoms with Gasteiger partial charge in [-0.05, 0) is 35.9 Å². The van der Waals surface area contributed by atoms with Crippen LogP contribution in [0.5, 0.6) is 11.5 Å². The molecule has 3 aromatic rings. The van der Waals surface area contributed by atoms with Crippen LogP contribution < -0.4 is 19.9 Å². The second kappa shape index (κ2) is 6.28. The van der Waals surface area contributed by atoms with Crippen LogP contribution in [0.2, 0.25) is 0 Å². The first kappa shape index (κ1) is 16.6. The van der Waals surface area contributed by atoms with Gasteiger partial charge in [0, 0.05) is 17.7 Å². The molecule has 1 amide bonds. The van der Waals surface area contributed by atoms with Gasteiger partial charge in [-0.2, -0.15) is 0 Å². The molecule has 140 valence electrons. The molecule has 0 aromatic heterocycles. The lowest BCUT2D eigenvalue weighted by Crippen LogP contribution is -2.51. The van der Waals surface area contributed by atoms with Crippen LogP contribution in [0.4, 0.5) is 11.4 Å². The number of nitrogens with one attached hydrogen (secondary N) is 1. The van der Waals surface area contributed by atoms with E-state index in [1.807, 2.05) is 60.7 Å². The van der Waals surface area contributed by atoms with Crippen LogP contribution in [-0.4, -0.2) is 17.9 Å². The maximum absolute atomic E-state index is 13.2. The van der Waals surface area contributed by atoms with Crippen molar-refractivity contribution in [2.45, 2.75) is 12.0 Å². The molecule has 0 spiro atoms. The molecule has 5 rings (SSSR count). The zero-order valence-electron chi connectivity index (χ0n) is 15.0. The number of hydrogen-bond donors (Lipinski definition) is 2. The molecule has 2 aliphatic heterocycles. The van der Waals surface area contributed by atoms with Crippen LogP contribution in [-0.2, 0) is 16.8 Å². The molecule has 0 unspecified atom stereocenters. The fourth-order valence-corrected chi connectivity index (χ4v) is 3.90. The third kappa shape index (κ3) is 2.42. The number of amides is 1. The van der Waals surface area contributed by atoms with Crippen LogP contribution in [0.3, 0.4) is 0 Å². The largest absolute Gasteiger partial charge is 0.454 e. The van der Waals surface area contributed by atoms with E-state index < -0.39 is 5.54 Å². The van der Waals surface area contributed by atoms with Crippen LogP contribution in [0.1, 0.15) is 11.1 Å². The third-order valence-electron chi connectivity index (χ3n) is 5.26. The molecule has 3 aromatic carbocycles. The Balaban J connectivity index is 1.65. The summed E-state index contributed by atoms with van der Waals surface area (Å²) in [4.78, 5) is 13.2. The molecule has 6 nitrogen and oxygen atoms in total. The maximum atomic E-state index is 13.2. The summed E-state index contributed by atoms with van der Waals surface area (Å²) >= 11 is 0. The first-order valence-corrected chi connectivity index (χ1v) is 9.02. The van der Waals surface area contributed by atoms with Crippen LogP contribution in [0, 0.1) is 0 Å². The van der Waals surface area contributed by atoms with Crippen molar-refractivity contribution in [3.63, 3.8) is 0 Å². The quantitative estimate of drug-likeness (QED) is 0.682. The van der Waals surface area contributed by atoms with E-state index in [9.17, 15) is 10.0 Å². The first-order chi connectivity index (χ1) is 13.7. The van der Waals surface area contributed by atoms with Crippen molar-refractivity contribution in [1.29, 1.82) is 0 Å². The average Bonchev–Trinajstić information content (AvgIpc) is 3.31. The molecule has 0 bridgehead atoms. The molecule has 0 saturated heterocycles. The molecule has 2 aliphatic rings. The highest BCUT2D eigenvalue weighted by molar-refractivity contribution is 6.08. The minimum absolute atomic E-state index is 0.184. The number of carbonyl (C=O) groups excluding carboxylic acids is 1. The molecule has 0 aliphatic carbocycles. The molecule has 1 atom stereocenters. The lowest BCUT2D eigenvalue weighted by molar-refractivity contribution is -0.123. The molecule has 6 heteroatoms. The number of ether oxygens (including phenoxy) is 2. The molecule has 2 N–H and O–H groups in total. The Morgan fingerprint density at radius 3 is 2.57 bits per heavy atom. The Morgan fingerprint density at radius 2 is 1.71 bits per heavy atom. The van der Waals surface area contributed by atoms with E-state index in [2.05, 4.69) is 5.32 Å². The summed E-state index contributed by atoms with van der Waals surface area (Å²) in [6.07, 6.45) is 0.262. The topological polar surface area (TPSA) is 71.0 Å². The second-order valence-electron chi connectivity index (χ2n) is 6.87. The van der Waals surface area contributed by atoms with E-state index in [0.29, 0.717) is 22.9 Å². The zero-order chi connectivity index (χ0) is 19.1. The van der Waals surface area contributed by atoms with Crippen LogP contribution in [0.25, 0.3) is 0 Å². The molecular weight excluding hydrogens is 356 g/mol. The monoisotopic (exact) mass is 374 g/mol. The number of rotatable bonds is 4. The summed E-state index contributed by atoms with van der Waals surface area (Å²) < 4.78 is 10.9. The van der Waals surface area contributed by atoms with Crippen molar-refractivity contribution in [3.05, 3.63) is 83.9 Å². The summed E-state index contributed by atoms with van der Waals surface area (Å²) in [6.45, 7) is 0.184. The van der Waals surface area contributed by atoms with Gasteiger partial charge in [-0.3, -0.25) is 10.0 Å². The van der Waals surface area contributed by atoms with Crippen molar-refractivity contribution < 1.29 is 19.5 Å². The Kier molecular flexibility index (Phi) is 3.74. The Labute approximate surface area is 161 Å².